The number of carbonyl (C=O) groups is 2. The van der Waals surface area contributed by atoms with Gasteiger partial charge in [0.2, 0.25) is 0 Å². The van der Waals surface area contributed by atoms with Crippen molar-refractivity contribution in [1.82, 2.24) is 0 Å². The molecule has 0 aliphatic heterocycles. The van der Waals surface area contributed by atoms with Gasteiger partial charge in [0.05, 0.1) is 6.16 Å². The van der Waals surface area contributed by atoms with Crippen LogP contribution >= 0.6 is 7.60 Å². The van der Waals surface area contributed by atoms with E-state index in [1.165, 1.54) is 34.1 Å². The molecule has 0 N–H and O–H groups in total. The fourth-order valence-corrected chi connectivity index (χ4v) is 1.94. The Bertz CT molecular complexity index is 361. The van der Waals surface area contributed by atoms with E-state index in [1.54, 1.807) is 0 Å². The Kier molecular flexibility index (Phi) is 8.30. The first-order valence-corrected chi connectivity index (χ1v) is 7.21. The molecule has 7 nitrogen and oxygen atoms in total. The lowest BCUT2D eigenvalue weighted by Crippen LogP contribution is -2.11. The lowest BCUT2D eigenvalue weighted by atomic mass is 10.3. The standard InChI is InChI=1S/C11H19O7P/c1-9(12)17-7-11(8-18-10(2)13)5-6-19(14,15-3)16-4/h5H,6-8H2,1-4H3. The zero-order valence-electron chi connectivity index (χ0n) is 11.5. The number of hydrogen-bond donors (Lipinski definition) is 0. The third-order valence-electron chi connectivity index (χ3n) is 2.08. The van der Waals surface area contributed by atoms with Crippen LogP contribution in [0.4, 0.5) is 0 Å². The highest BCUT2D eigenvalue weighted by Gasteiger charge is 2.19. The van der Waals surface area contributed by atoms with Crippen molar-refractivity contribution in [2.45, 2.75) is 13.8 Å². The lowest BCUT2D eigenvalue weighted by molar-refractivity contribution is -0.141. The minimum atomic E-state index is -3.19. The second kappa shape index (κ2) is 8.85. The molecule has 0 aliphatic carbocycles. The minimum absolute atomic E-state index is 0.00212. The lowest BCUT2D eigenvalue weighted by Gasteiger charge is -2.13. The van der Waals surface area contributed by atoms with Crippen LogP contribution in [0.15, 0.2) is 11.6 Å². The average Bonchev–Trinajstić information content (AvgIpc) is 2.37. The molecule has 0 amide bonds. The van der Waals surface area contributed by atoms with Gasteiger partial charge in [0.1, 0.15) is 13.2 Å². The number of allylic oxidation sites excluding steroid dienone is 1. The SMILES string of the molecule is COP(=O)(CC=C(COC(C)=O)COC(C)=O)OC. The third-order valence-corrected chi connectivity index (χ3v) is 3.82. The van der Waals surface area contributed by atoms with Gasteiger partial charge in [-0.25, -0.2) is 0 Å². The molecule has 0 unspecified atom stereocenters. The molecular weight excluding hydrogens is 275 g/mol. The largest absolute Gasteiger partial charge is 0.461 e. The van der Waals surface area contributed by atoms with Gasteiger partial charge in [0.25, 0.3) is 0 Å². The summed E-state index contributed by atoms with van der Waals surface area (Å²) in [4.78, 5) is 21.5. The van der Waals surface area contributed by atoms with E-state index < -0.39 is 19.5 Å². The molecule has 0 aromatic heterocycles. The molecule has 0 saturated heterocycles. The Morgan fingerprint density at radius 1 is 1.00 bits per heavy atom. The van der Waals surface area contributed by atoms with E-state index in [-0.39, 0.29) is 19.4 Å². The van der Waals surface area contributed by atoms with E-state index in [2.05, 4.69) is 0 Å². The molecule has 0 fully saturated rings. The topological polar surface area (TPSA) is 88.1 Å². The molecule has 0 bridgehead atoms. The van der Waals surface area contributed by atoms with Crippen molar-refractivity contribution < 1.29 is 32.7 Å². The summed E-state index contributed by atoms with van der Waals surface area (Å²) in [6.07, 6.45) is 1.51. The summed E-state index contributed by atoms with van der Waals surface area (Å²) < 4.78 is 30.9. The first-order valence-electron chi connectivity index (χ1n) is 5.48. The van der Waals surface area contributed by atoms with E-state index >= 15 is 0 Å². The quantitative estimate of drug-likeness (QED) is 0.381. The van der Waals surface area contributed by atoms with Crippen molar-refractivity contribution >= 4 is 19.5 Å². The van der Waals surface area contributed by atoms with Crippen LogP contribution in [-0.4, -0.2) is 45.5 Å². The van der Waals surface area contributed by atoms with E-state index in [4.69, 9.17) is 18.5 Å². The highest BCUT2D eigenvalue weighted by molar-refractivity contribution is 7.54. The van der Waals surface area contributed by atoms with Gasteiger partial charge >= 0.3 is 19.5 Å². The second-order valence-electron chi connectivity index (χ2n) is 3.58. The Labute approximate surface area is 112 Å². The first kappa shape index (κ1) is 17.8. The molecule has 0 radical (unpaired) electrons. The molecule has 0 aromatic rings. The smallest absolute Gasteiger partial charge is 0.333 e. The van der Waals surface area contributed by atoms with E-state index in [0.29, 0.717) is 5.57 Å². The Morgan fingerprint density at radius 2 is 1.42 bits per heavy atom. The van der Waals surface area contributed by atoms with Gasteiger partial charge < -0.3 is 18.5 Å². The van der Waals surface area contributed by atoms with Crippen molar-refractivity contribution in [2.24, 2.45) is 0 Å². The summed E-state index contributed by atoms with van der Waals surface area (Å²) in [5, 5.41) is 0. The highest BCUT2D eigenvalue weighted by atomic mass is 31.2. The molecule has 19 heavy (non-hydrogen) atoms. The maximum atomic E-state index is 11.8. The number of carbonyl (C=O) groups excluding carboxylic acids is 2. The number of rotatable bonds is 8. The number of esters is 2. The van der Waals surface area contributed by atoms with Crippen LogP contribution in [0.1, 0.15) is 13.8 Å². The minimum Gasteiger partial charge on any atom is -0.461 e. The zero-order chi connectivity index (χ0) is 14.9. The normalized spacial score (nSPS) is 10.7. The Morgan fingerprint density at radius 3 is 1.74 bits per heavy atom. The molecule has 0 saturated carbocycles. The molecule has 0 rings (SSSR count). The van der Waals surface area contributed by atoms with Gasteiger partial charge in [-0.05, 0) is 0 Å². The summed E-state index contributed by atoms with van der Waals surface area (Å²) in [7, 11) is -0.640. The summed E-state index contributed by atoms with van der Waals surface area (Å²) in [6.45, 7) is 2.43. The summed E-state index contributed by atoms with van der Waals surface area (Å²) in [6, 6.07) is 0. The molecular formula is C11H19O7P. The van der Waals surface area contributed by atoms with E-state index in [0.717, 1.165) is 0 Å². The van der Waals surface area contributed by atoms with Gasteiger partial charge in [-0.2, -0.15) is 0 Å². The van der Waals surface area contributed by atoms with Crippen molar-refractivity contribution in [3.8, 4) is 0 Å². The van der Waals surface area contributed by atoms with Gasteiger partial charge in [-0.3, -0.25) is 14.2 Å². The Balaban J connectivity index is 4.65. The van der Waals surface area contributed by atoms with Gasteiger partial charge in [-0.1, -0.05) is 6.08 Å². The monoisotopic (exact) mass is 294 g/mol. The van der Waals surface area contributed by atoms with Gasteiger partial charge in [-0.15, -0.1) is 0 Å². The van der Waals surface area contributed by atoms with Gasteiger partial charge in [0, 0.05) is 33.6 Å². The molecule has 8 heteroatoms. The maximum Gasteiger partial charge on any atom is 0.333 e. The van der Waals surface area contributed by atoms with Crippen LogP contribution in [0.25, 0.3) is 0 Å². The van der Waals surface area contributed by atoms with Crippen molar-refractivity contribution in [2.75, 3.05) is 33.6 Å². The van der Waals surface area contributed by atoms with Crippen molar-refractivity contribution in [3.63, 3.8) is 0 Å². The highest BCUT2D eigenvalue weighted by Crippen LogP contribution is 2.46. The Hall–Kier alpha value is -1.17. The molecule has 0 heterocycles. The number of hydrogen-bond acceptors (Lipinski definition) is 7. The predicted octanol–water partition coefficient (Wildman–Crippen LogP) is 1.52. The molecule has 110 valence electrons. The molecule has 0 aliphatic rings. The summed E-state index contributed by atoms with van der Waals surface area (Å²) in [5.41, 5.74) is 0.500. The third kappa shape index (κ3) is 8.53. The summed E-state index contributed by atoms with van der Waals surface area (Å²) in [5.74, 6) is -0.925. The summed E-state index contributed by atoms with van der Waals surface area (Å²) >= 11 is 0. The second-order valence-corrected chi connectivity index (χ2v) is 5.90. The predicted molar refractivity (Wildman–Crippen MR) is 67.8 cm³/mol. The fraction of sp³-hybridized carbons (Fsp3) is 0.636. The van der Waals surface area contributed by atoms with Crippen LogP contribution in [-0.2, 0) is 32.7 Å². The average molecular weight is 294 g/mol. The van der Waals surface area contributed by atoms with Crippen LogP contribution in [0, 0.1) is 0 Å². The van der Waals surface area contributed by atoms with Crippen LogP contribution < -0.4 is 0 Å². The van der Waals surface area contributed by atoms with Crippen molar-refractivity contribution in [1.29, 1.82) is 0 Å². The van der Waals surface area contributed by atoms with Crippen LogP contribution in [0.5, 0.6) is 0 Å². The van der Waals surface area contributed by atoms with Crippen LogP contribution in [0.3, 0.4) is 0 Å². The van der Waals surface area contributed by atoms with E-state index in [1.807, 2.05) is 0 Å². The fourth-order valence-electron chi connectivity index (χ4n) is 1.01. The zero-order valence-corrected chi connectivity index (χ0v) is 12.4. The van der Waals surface area contributed by atoms with E-state index in [9.17, 15) is 14.2 Å². The first-order chi connectivity index (χ1) is 8.83. The molecule has 0 atom stereocenters. The van der Waals surface area contributed by atoms with Gasteiger partial charge in [0.15, 0.2) is 0 Å². The maximum absolute atomic E-state index is 11.8. The van der Waals surface area contributed by atoms with Crippen molar-refractivity contribution in [3.05, 3.63) is 11.6 Å². The molecule has 0 aromatic carbocycles. The number of ether oxygens (including phenoxy) is 2. The molecule has 0 spiro atoms. The van der Waals surface area contributed by atoms with Crippen LogP contribution in [0.2, 0.25) is 0 Å².